The Morgan fingerprint density at radius 3 is 2.68 bits per heavy atom. The van der Waals surface area contributed by atoms with Crippen LogP contribution >= 0.6 is 27.5 Å². The zero-order valence-electron chi connectivity index (χ0n) is 16.3. The van der Waals surface area contributed by atoms with Crippen molar-refractivity contribution in [1.82, 2.24) is 0 Å². The summed E-state index contributed by atoms with van der Waals surface area (Å²) in [5.74, 6) is -1.20. The van der Waals surface area contributed by atoms with Gasteiger partial charge in [0, 0.05) is 29.5 Å². The maximum absolute atomic E-state index is 14.3. The molecule has 3 N–H and O–H groups in total. The second-order valence-electron chi connectivity index (χ2n) is 7.77. The Morgan fingerprint density at radius 1 is 1.29 bits per heavy atom. The Kier molecular flexibility index (Phi) is 6.13. The lowest BCUT2D eigenvalue weighted by Crippen LogP contribution is -2.58. The van der Waals surface area contributed by atoms with Gasteiger partial charge < -0.3 is 25.2 Å². The van der Waals surface area contributed by atoms with Gasteiger partial charge in [0.1, 0.15) is 29.7 Å². The molecule has 4 rings (SSSR count). The van der Waals surface area contributed by atoms with Gasteiger partial charge in [0.25, 0.3) is 0 Å². The van der Waals surface area contributed by atoms with Gasteiger partial charge in [0.05, 0.1) is 10.7 Å². The summed E-state index contributed by atoms with van der Waals surface area (Å²) >= 11 is 9.20. The number of anilines is 2. The molecule has 1 amide bonds. The van der Waals surface area contributed by atoms with Gasteiger partial charge in [-0.1, -0.05) is 27.5 Å². The number of nitrogens with one attached hydrogen (secondary N) is 1. The molecule has 31 heavy (non-hydrogen) atoms. The lowest BCUT2D eigenvalue weighted by molar-refractivity contribution is -0.116. The summed E-state index contributed by atoms with van der Waals surface area (Å²) in [6, 6.07) is 5.54. The number of carbonyl (C=O) groups excluding carboxylic acids is 1. The van der Waals surface area contributed by atoms with Crippen molar-refractivity contribution in [1.29, 1.82) is 0 Å². The van der Waals surface area contributed by atoms with Crippen LogP contribution in [0.1, 0.15) is 18.4 Å². The van der Waals surface area contributed by atoms with Crippen LogP contribution in [0, 0.1) is 11.6 Å². The molecular formula is C21H20BrClF2N2O4. The first kappa shape index (κ1) is 22.3. The van der Waals surface area contributed by atoms with Crippen molar-refractivity contribution in [2.75, 3.05) is 29.9 Å². The summed E-state index contributed by atoms with van der Waals surface area (Å²) in [6.07, 6.45) is -0.536. The number of aliphatic hydroxyl groups is 2. The number of halogens is 4. The summed E-state index contributed by atoms with van der Waals surface area (Å²) in [5, 5.41) is 24.7. The summed E-state index contributed by atoms with van der Waals surface area (Å²) in [4.78, 5) is 13.0. The number of carbonyl (C=O) groups is 1. The van der Waals surface area contributed by atoms with Crippen molar-refractivity contribution in [3.63, 3.8) is 0 Å². The molecule has 0 bridgehead atoms. The van der Waals surface area contributed by atoms with Crippen molar-refractivity contribution >= 4 is 44.8 Å². The zero-order chi connectivity index (χ0) is 22.3. The lowest BCUT2D eigenvalue weighted by Gasteiger charge is -2.42. The summed E-state index contributed by atoms with van der Waals surface area (Å²) in [5.41, 5.74) is -0.642. The predicted molar refractivity (Wildman–Crippen MR) is 116 cm³/mol. The second-order valence-corrected chi connectivity index (χ2v) is 9.09. The Hall–Kier alpha value is -1.94. The Balaban J connectivity index is 1.48. The minimum Gasteiger partial charge on any atom is -0.490 e. The molecule has 2 aromatic carbocycles. The van der Waals surface area contributed by atoms with Crippen LogP contribution in [-0.2, 0) is 11.2 Å². The van der Waals surface area contributed by atoms with Crippen LogP contribution in [-0.4, -0.2) is 47.5 Å². The fourth-order valence-electron chi connectivity index (χ4n) is 3.94. The second kappa shape index (κ2) is 8.54. The van der Waals surface area contributed by atoms with E-state index in [4.69, 9.17) is 16.3 Å². The Labute approximate surface area is 190 Å². The first-order chi connectivity index (χ1) is 14.7. The molecule has 0 aliphatic carbocycles. The standard InChI is InChI=1S/C21H20BrClF2N2O4/c22-11-7-14(24)20(15(25)8-11)27-6-5-21(30,17(28)9-27)10-31-16-3-2-13(23)19-12(16)1-4-18(29)26-19/h2-3,7-8,17,28,30H,1,4-6,9-10H2,(H,26,29). The molecule has 0 aromatic heterocycles. The van der Waals surface area contributed by atoms with Gasteiger partial charge in [0.15, 0.2) is 11.6 Å². The van der Waals surface area contributed by atoms with E-state index in [-0.39, 0.29) is 48.6 Å². The van der Waals surface area contributed by atoms with Gasteiger partial charge in [-0.3, -0.25) is 4.79 Å². The molecule has 2 atom stereocenters. The highest BCUT2D eigenvalue weighted by Gasteiger charge is 2.42. The number of amides is 1. The molecule has 2 heterocycles. The van der Waals surface area contributed by atoms with Gasteiger partial charge in [-0.15, -0.1) is 0 Å². The van der Waals surface area contributed by atoms with Crippen molar-refractivity contribution in [2.45, 2.75) is 31.0 Å². The van der Waals surface area contributed by atoms with Gasteiger partial charge in [-0.2, -0.15) is 0 Å². The maximum atomic E-state index is 14.3. The van der Waals surface area contributed by atoms with Crippen LogP contribution < -0.4 is 15.0 Å². The van der Waals surface area contributed by atoms with Crippen LogP contribution in [0.4, 0.5) is 20.2 Å². The number of ether oxygens (including phenoxy) is 1. The van der Waals surface area contributed by atoms with Gasteiger partial charge in [-0.25, -0.2) is 8.78 Å². The van der Waals surface area contributed by atoms with E-state index in [0.717, 1.165) is 17.7 Å². The van der Waals surface area contributed by atoms with Crippen LogP contribution in [0.25, 0.3) is 0 Å². The first-order valence-corrected chi connectivity index (χ1v) is 10.9. The smallest absolute Gasteiger partial charge is 0.224 e. The lowest BCUT2D eigenvalue weighted by atomic mass is 9.89. The number of β-amino-alcohol motifs (C(OH)–C–C–N with tert-alkyl or cyclic N) is 1. The number of benzene rings is 2. The monoisotopic (exact) mass is 516 g/mol. The summed E-state index contributed by atoms with van der Waals surface area (Å²) < 4.78 is 34.7. The minimum absolute atomic E-state index is 0.0373. The van der Waals surface area contributed by atoms with Crippen molar-refractivity contribution < 1.29 is 28.5 Å². The molecule has 0 saturated carbocycles. The number of hydrogen-bond acceptors (Lipinski definition) is 5. The molecule has 0 spiro atoms. The van der Waals surface area contributed by atoms with E-state index in [1.807, 2.05) is 0 Å². The van der Waals surface area contributed by atoms with E-state index < -0.39 is 23.3 Å². The van der Waals surface area contributed by atoms with E-state index in [1.165, 1.54) is 4.90 Å². The fraction of sp³-hybridized carbons (Fsp3) is 0.381. The quantitative estimate of drug-likeness (QED) is 0.577. The molecule has 2 aliphatic heterocycles. The molecule has 1 fully saturated rings. The van der Waals surface area contributed by atoms with E-state index in [9.17, 15) is 23.8 Å². The highest BCUT2D eigenvalue weighted by Crippen LogP contribution is 2.38. The van der Waals surface area contributed by atoms with Gasteiger partial charge in [-0.05, 0) is 37.1 Å². The third-order valence-corrected chi connectivity index (χ3v) is 6.46. The molecule has 1 saturated heterocycles. The number of hydrogen-bond donors (Lipinski definition) is 3. The largest absolute Gasteiger partial charge is 0.490 e. The molecule has 2 aliphatic rings. The van der Waals surface area contributed by atoms with Gasteiger partial charge in [0.2, 0.25) is 5.91 Å². The topological polar surface area (TPSA) is 82.0 Å². The molecule has 2 unspecified atom stereocenters. The molecule has 0 radical (unpaired) electrons. The van der Waals surface area contributed by atoms with Crippen LogP contribution in [0.5, 0.6) is 5.75 Å². The molecule has 166 valence electrons. The normalized spacial score (nSPS) is 23.4. The highest BCUT2D eigenvalue weighted by atomic mass is 79.9. The molecule has 10 heteroatoms. The van der Waals surface area contributed by atoms with Crippen LogP contribution in [0.2, 0.25) is 5.02 Å². The van der Waals surface area contributed by atoms with Crippen molar-refractivity contribution in [3.8, 4) is 5.75 Å². The minimum atomic E-state index is -1.61. The number of nitrogens with zero attached hydrogens (tertiary/aromatic N) is 1. The first-order valence-electron chi connectivity index (χ1n) is 9.72. The third-order valence-electron chi connectivity index (χ3n) is 5.69. The Morgan fingerprint density at radius 2 is 2.00 bits per heavy atom. The Bertz CT molecular complexity index is 1020. The van der Waals surface area contributed by atoms with E-state index in [1.54, 1.807) is 12.1 Å². The van der Waals surface area contributed by atoms with Crippen molar-refractivity contribution in [3.05, 3.63) is 51.0 Å². The van der Waals surface area contributed by atoms with E-state index in [0.29, 0.717) is 22.9 Å². The average Bonchev–Trinajstić information content (AvgIpc) is 2.70. The van der Waals surface area contributed by atoms with E-state index >= 15 is 0 Å². The van der Waals surface area contributed by atoms with Crippen LogP contribution in [0.3, 0.4) is 0 Å². The number of piperidine rings is 1. The molecule has 6 nitrogen and oxygen atoms in total. The fourth-order valence-corrected chi connectivity index (χ4v) is 4.56. The zero-order valence-corrected chi connectivity index (χ0v) is 18.6. The molecular weight excluding hydrogens is 498 g/mol. The third kappa shape index (κ3) is 4.37. The SMILES string of the molecule is O=C1CCc2c(OCC3(O)CCN(c4c(F)cc(Br)cc4F)CC3O)ccc(Cl)c2N1. The number of fused-ring (bicyclic) bond motifs is 1. The summed E-state index contributed by atoms with van der Waals surface area (Å²) in [6.45, 7) is -0.263. The van der Waals surface area contributed by atoms with Gasteiger partial charge >= 0.3 is 0 Å². The average molecular weight is 518 g/mol. The molecule has 2 aromatic rings. The predicted octanol–water partition coefficient (Wildman–Crippen LogP) is 3.65. The van der Waals surface area contributed by atoms with E-state index in [2.05, 4.69) is 21.2 Å². The number of aliphatic hydroxyl groups excluding tert-OH is 1. The van der Waals surface area contributed by atoms with Crippen LogP contribution in [0.15, 0.2) is 28.7 Å². The number of rotatable bonds is 4. The maximum Gasteiger partial charge on any atom is 0.224 e. The van der Waals surface area contributed by atoms with Crippen molar-refractivity contribution in [2.24, 2.45) is 0 Å². The highest BCUT2D eigenvalue weighted by molar-refractivity contribution is 9.10. The summed E-state index contributed by atoms with van der Waals surface area (Å²) in [7, 11) is 0.